The summed E-state index contributed by atoms with van der Waals surface area (Å²) in [5.74, 6) is -4.38. The first-order valence-corrected chi connectivity index (χ1v) is 12.8. The Morgan fingerprint density at radius 1 is 1.05 bits per heavy atom. The summed E-state index contributed by atoms with van der Waals surface area (Å²) in [4.78, 5) is 37.9. The molecule has 0 aromatic heterocycles. The van der Waals surface area contributed by atoms with Gasteiger partial charge in [0.15, 0.2) is 0 Å². The number of hydrogen-bond donors (Lipinski definition) is 2. The highest BCUT2D eigenvalue weighted by Gasteiger charge is 2.48. The monoisotopic (exact) mass is 603 g/mol. The van der Waals surface area contributed by atoms with Crippen LogP contribution in [-0.2, 0) is 25.2 Å². The van der Waals surface area contributed by atoms with Gasteiger partial charge in [0, 0.05) is 30.4 Å². The zero-order valence-corrected chi connectivity index (χ0v) is 21.9. The highest BCUT2D eigenvalue weighted by atomic mass is 35.5. The average molecular weight is 604 g/mol. The van der Waals surface area contributed by atoms with Crippen LogP contribution >= 0.6 is 11.6 Å². The largest absolute Gasteiger partial charge is 0.490 e. The molecule has 3 heterocycles. The van der Waals surface area contributed by atoms with Crippen molar-refractivity contribution in [3.05, 3.63) is 29.3 Å². The molecule has 0 saturated carbocycles. The topological polar surface area (TPSA) is 108 Å². The number of nitrogens with one attached hydrogen (secondary N) is 1. The number of hydrogen-bond acceptors (Lipinski definition) is 6. The number of carboxylic acids is 1. The number of benzene rings is 1. The van der Waals surface area contributed by atoms with E-state index in [1.165, 1.54) is 11.0 Å². The number of carboxylic acid groups (broad SMARTS) is 1. The van der Waals surface area contributed by atoms with E-state index in [4.69, 9.17) is 31.0 Å². The lowest BCUT2D eigenvalue weighted by Crippen LogP contribution is -2.68. The summed E-state index contributed by atoms with van der Waals surface area (Å²) in [5.41, 5.74) is -1.83. The molecule has 3 saturated heterocycles. The van der Waals surface area contributed by atoms with E-state index in [-0.39, 0.29) is 30.4 Å². The summed E-state index contributed by atoms with van der Waals surface area (Å²) in [6.45, 7) is 3.12. The summed E-state index contributed by atoms with van der Waals surface area (Å²) in [6, 6.07) is 3.11. The highest BCUT2D eigenvalue weighted by Crippen LogP contribution is 2.35. The standard InChI is InChI=1S/C22H27ClF3N3O4.C2HF3O2/c23-10-19(30)27-17-8-15(7-16(9-17)22(24,25)26)20(31)28-5-6-32-13-21(12-28)14-33-11-18-3-1-2-4-29(18)21;3-2(4,5)1(6)7/h7-9,18H,1-6,10-14H2,(H,27,30);(H,6,7)/t18-,21+;/m1./s1. The van der Waals surface area contributed by atoms with Crippen LogP contribution in [0.25, 0.3) is 0 Å². The molecule has 2 N–H and O–H groups in total. The fourth-order valence-electron chi connectivity index (χ4n) is 4.98. The smallest absolute Gasteiger partial charge is 0.475 e. The van der Waals surface area contributed by atoms with Crippen molar-refractivity contribution in [2.24, 2.45) is 0 Å². The van der Waals surface area contributed by atoms with Crippen LogP contribution in [-0.4, -0.2) is 102 Å². The number of fused-ring (bicyclic) bond motifs is 2. The van der Waals surface area contributed by atoms with Crippen molar-refractivity contribution in [2.75, 3.05) is 57.3 Å². The number of carbonyl (C=O) groups excluding carboxylic acids is 2. The summed E-state index contributed by atoms with van der Waals surface area (Å²) in [5, 5.41) is 9.44. The Hall–Kier alpha value is -2.62. The van der Waals surface area contributed by atoms with Crippen molar-refractivity contribution in [3.63, 3.8) is 0 Å². The lowest BCUT2D eigenvalue weighted by atomic mass is 9.89. The number of rotatable bonds is 3. The van der Waals surface area contributed by atoms with Crippen molar-refractivity contribution >= 4 is 35.1 Å². The van der Waals surface area contributed by atoms with Gasteiger partial charge in [0.2, 0.25) is 5.91 Å². The fraction of sp³-hybridized carbons (Fsp3) is 0.625. The first-order valence-electron chi connectivity index (χ1n) is 12.3. The number of carbonyl (C=O) groups is 3. The van der Waals surface area contributed by atoms with Gasteiger partial charge in [0.05, 0.1) is 37.5 Å². The fourth-order valence-corrected chi connectivity index (χ4v) is 5.05. The molecule has 0 aliphatic carbocycles. The van der Waals surface area contributed by atoms with Gasteiger partial charge >= 0.3 is 18.3 Å². The van der Waals surface area contributed by atoms with Crippen molar-refractivity contribution in [3.8, 4) is 0 Å². The third kappa shape index (κ3) is 7.98. The average Bonchev–Trinajstić information content (AvgIpc) is 3.10. The molecule has 16 heteroatoms. The van der Waals surface area contributed by atoms with Crippen LogP contribution in [0.5, 0.6) is 0 Å². The SMILES string of the molecule is O=C(CCl)Nc1cc(C(=O)N2CCOC[C@]3(COC[C@H]4CCCCN43)C2)cc(C(F)(F)F)c1.O=C(O)C(F)(F)F. The Kier molecular flexibility index (Phi) is 10.3. The van der Waals surface area contributed by atoms with Gasteiger partial charge in [-0.15, -0.1) is 11.6 Å². The number of piperidine rings is 1. The van der Waals surface area contributed by atoms with E-state index in [0.29, 0.717) is 26.4 Å². The van der Waals surface area contributed by atoms with Crippen LogP contribution in [0, 0.1) is 0 Å². The van der Waals surface area contributed by atoms with E-state index in [2.05, 4.69) is 10.2 Å². The number of ether oxygens (including phenoxy) is 2. The van der Waals surface area contributed by atoms with Crippen molar-refractivity contribution in [1.29, 1.82) is 0 Å². The molecule has 0 radical (unpaired) electrons. The molecule has 1 spiro atoms. The first-order chi connectivity index (χ1) is 18.7. The number of alkyl halides is 7. The summed E-state index contributed by atoms with van der Waals surface area (Å²) >= 11 is 5.47. The van der Waals surface area contributed by atoms with Crippen LogP contribution in [0.3, 0.4) is 0 Å². The van der Waals surface area contributed by atoms with Crippen LogP contribution in [0.15, 0.2) is 18.2 Å². The molecule has 1 aromatic carbocycles. The second kappa shape index (κ2) is 12.9. The van der Waals surface area contributed by atoms with Gasteiger partial charge in [-0.05, 0) is 37.6 Å². The minimum absolute atomic E-state index is 0.128. The van der Waals surface area contributed by atoms with Crippen LogP contribution in [0.4, 0.5) is 32.0 Å². The zero-order valence-electron chi connectivity index (χ0n) is 21.1. The molecule has 3 aliphatic rings. The molecule has 2 amide bonds. The summed E-state index contributed by atoms with van der Waals surface area (Å²) in [6.07, 6.45) is -6.60. The predicted octanol–water partition coefficient (Wildman–Crippen LogP) is 3.61. The third-order valence-corrected chi connectivity index (χ3v) is 6.96. The second-order valence-corrected chi connectivity index (χ2v) is 9.91. The Balaban J connectivity index is 0.000000559. The normalized spacial score (nSPS) is 23.9. The molecule has 9 nitrogen and oxygen atoms in total. The van der Waals surface area contributed by atoms with Gasteiger partial charge in [-0.2, -0.15) is 26.3 Å². The first kappa shape index (κ1) is 31.9. The molecule has 40 heavy (non-hydrogen) atoms. The van der Waals surface area contributed by atoms with E-state index in [1.54, 1.807) is 0 Å². The number of nitrogens with zero attached hydrogens (tertiary/aromatic N) is 2. The Morgan fingerprint density at radius 3 is 2.35 bits per heavy atom. The number of aliphatic carboxylic acids is 1. The second-order valence-electron chi connectivity index (χ2n) is 9.64. The minimum Gasteiger partial charge on any atom is -0.475 e. The van der Waals surface area contributed by atoms with Gasteiger partial charge in [0.25, 0.3) is 5.91 Å². The maximum atomic E-state index is 13.5. The molecule has 3 aliphatic heterocycles. The van der Waals surface area contributed by atoms with E-state index in [0.717, 1.165) is 37.9 Å². The highest BCUT2D eigenvalue weighted by molar-refractivity contribution is 6.29. The minimum atomic E-state index is -5.08. The van der Waals surface area contributed by atoms with E-state index in [1.807, 2.05) is 0 Å². The van der Waals surface area contributed by atoms with Gasteiger partial charge in [-0.3, -0.25) is 14.5 Å². The summed E-state index contributed by atoms with van der Waals surface area (Å²) < 4.78 is 84.0. The van der Waals surface area contributed by atoms with Gasteiger partial charge in [-0.25, -0.2) is 4.79 Å². The number of morpholine rings is 1. The van der Waals surface area contributed by atoms with Crippen molar-refractivity contribution in [1.82, 2.24) is 9.80 Å². The maximum Gasteiger partial charge on any atom is 0.490 e. The number of anilines is 1. The Bertz CT molecular complexity index is 1090. The van der Waals surface area contributed by atoms with Crippen molar-refractivity contribution in [2.45, 2.75) is 43.2 Å². The molecule has 3 fully saturated rings. The molecule has 0 bridgehead atoms. The van der Waals surface area contributed by atoms with Crippen LogP contribution in [0.1, 0.15) is 35.2 Å². The maximum absolute atomic E-state index is 13.5. The van der Waals surface area contributed by atoms with E-state index >= 15 is 0 Å². The molecule has 0 unspecified atom stereocenters. The lowest BCUT2D eigenvalue weighted by molar-refractivity contribution is -0.192. The zero-order chi connectivity index (χ0) is 29.7. The van der Waals surface area contributed by atoms with Crippen molar-refractivity contribution < 1.29 is 55.3 Å². The number of halogens is 7. The molecule has 1 aromatic rings. The van der Waals surface area contributed by atoms with E-state index in [9.17, 15) is 35.9 Å². The summed E-state index contributed by atoms with van der Waals surface area (Å²) in [7, 11) is 0. The Labute approximate surface area is 230 Å². The third-order valence-electron chi connectivity index (χ3n) is 6.72. The van der Waals surface area contributed by atoms with Gasteiger partial charge < -0.3 is 24.8 Å². The lowest BCUT2D eigenvalue weighted by Gasteiger charge is -2.53. The van der Waals surface area contributed by atoms with Crippen LogP contribution < -0.4 is 5.32 Å². The molecule has 4 rings (SSSR count). The molecule has 224 valence electrons. The van der Waals surface area contributed by atoms with Gasteiger partial charge in [0.1, 0.15) is 5.88 Å². The molecular weight excluding hydrogens is 576 g/mol. The molecule has 2 atom stereocenters. The van der Waals surface area contributed by atoms with Crippen LogP contribution in [0.2, 0.25) is 0 Å². The van der Waals surface area contributed by atoms with E-state index < -0.39 is 47.1 Å². The number of amides is 2. The van der Waals surface area contributed by atoms with Gasteiger partial charge in [-0.1, -0.05) is 6.42 Å². The molecular formula is C24H28ClF6N3O6. The Morgan fingerprint density at radius 2 is 1.73 bits per heavy atom. The predicted molar refractivity (Wildman–Crippen MR) is 129 cm³/mol. The quantitative estimate of drug-likeness (QED) is 0.401.